The number of anilines is 2. The quantitative estimate of drug-likeness (QED) is 0.0648. The predicted molar refractivity (Wildman–Crippen MR) is 465 cm³/mol. The molecule has 5 aromatic heterocycles. The molecule has 1 unspecified atom stereocenters. The van der Waals surface area contributed by atoms with Gasteiger partial charge in [-0.1, -0.05) is 204 Å². The van der Waals surface area contributed by atoms with Gasteiger partial charge >= 0.3 is 7.12 Å². The number of amides is 2. The lowest BCUT2D eigenvalue weighted by atomic mass is 9.75. The zero-order valence-corrected chi connectivity index (χ0v) is 73.1. The molecule has 1 atom stereocenters. The maximum atomic E-state index is 11.2. The number of pyridine rings is 3. The van der Waals surface area contributed by atoms with Gasteiger partial charge in [0.15, 0.2) is 0 Å². The zero-order valence-electron chi connectivity index (χ0n) is 73.1. The average molecular weight is 1490 g/mol. The molecule has 0 aliphatic carbocycles. The maximum absolute atomic E-state index is 11.2. The van der Waals surface area contributed by atoms with Crippen molar-refractivity contribution in [2.75, 3.05) is 83.8 Å². The number of fused-ring (bicyclic) bond motifs is 10. The Morgan fingerprint density at radius 2 is 1.14 bits per heavy atom. The Labute approximate surface area is 655 Å². The van der Waals surface area contributed by atoms with E-state index in [1.54, 1.807) is 0 Å². The van der Waals surface area contributed by atoms with Gasteiger partial charge in [0, 0.05) is 119 Å². The summed E-state index contributed by atoms with van der Waals surface area (Å²) in [5.41, 5.74) is 12.3. The summed E-state index contributed by atoms with van der Waals surface area (Å²) in [5, 5.41) is 9.07. The number of nitrogens with zero attached hydrogens (tertiary/aromatic N) is 7. The van der Waals surface area contributed by atoms with E-state index < -0.39 is 0 Å². The van der Waals surface area contributed by atoms with Gasteiger partial charge in [0.1, 0.15) is 6.29 Å². The Morgan fingerprint density at radius 1 is 0.630 bits per heavy atom. The number of aldehydes is 1. The van der Waals surface area contributed by atoms with E-state index in [4.69, 9.17) is 19.0 Å². The van der Waals surface area contributed by atoms with Gasteiger partial charge in [-0.15, -0.1) is 0 Å². The molecule has 2 saturated heterocycles. The summed E-state index contributed by atoms with van der Waals surface area (Å²) >= 11 is 0. The molecule has 3 aliphatic rings. The number of ether oxygens (including phenoxy) is 1. The molecule has 2 amide bonds. The van der Waals surface area contributed by atoms with Crippen molar-refractivity contribution in [3.63, 3.8) is 0 Å². The first-order valence-electron chi connectivity index (χ1n) is 40.0. The number of para-hydroxylation sites is 3. The van der Waals surface area contributed by atoms with E-state index >= 15 is 0 Å². The average Bonchev–Trinajstić information content (AvgIpc) is 1.56. The second kappa shape index (κ2) is 44.6. The molecule has 0 spiro atoms. The fourth-order valence-corrected chi connectivity index (χ4v) is 11.9. The number of hydrogen-bond donors (Lipinski definition) is 2. The Bertz CT molecular complexity index is 3920. The second-order valence-corrected chi connectivity index (χ2v) is 34.7. The third-order valence-electron chi connectivity index (χ3n) is 19.3. The van der Waals surface area contributed by atoms with Crippen molar-refractivity contribution in [2.45, 2.75) is 241 Å². The molecule has 2 N–H and O–H groups in total. The van der Waals surface area contributed by atoms with Crippen LogP contribution in [-0.4, -0.2) is 155 Å². The highest BCUT2D eigenvalue weighted by molar-refractivity contribution is 6.47. The number of morpholine rings is 1. The number of nitrogens with one attached hydrogen (secondary N) is 2. The highest BCUT2D eigenvalue weighted by Gasteiger charge is 2.52. The van der Waals surface area contributed by atoms with Crippen LogP contribution in [0.2, 0.25) is 5.82 Å². The van der Waals surface area contributed by atoms with E-state index in [2.05, 4.69) is 303 Å². The summed E-state index contributed by atoms with van der Waals surface area (Å²) in [6.45, 7) is 71.1. The van der Waals surface area contributed by atoms with Crippen LogP contribution >= 0.6 is 0 Å². The van der Waals surface area contributed by atoms with Crippen LogP contribution in [-0.2, 0) is 33.8 Å². The molecule has 3 aromatic carbocycles. The minimum Gasteiger partial charge on any atom is -0.403 e. The smallest absolute Gasteiger partial charge is 0.403 e. The van der Waals surface area contributed by atoms with E-state index in [1.165, 1.54) is 75.5 Å². The van der Waals surface area contributed by atoms with Gasteiger partial charge in [-0.05, 0) is 186 Å². The largest absolute Gasteiger partial charge is 0.460 e. The van der Waals surface area contributed by atoms with Crippen LogP contribution in [0, 0.1) is 28.6 Å². The normalized spacial score (nSPS) is 15.2. The lowest BCUT2D eigenvalue weighted by molar-refractivity contribution is -0.134. The highest BCUT2D eigenvalue weighted by Crippen LogP contribution is 2.48. The Kier molecular flexibility index (Phi) is 39.3. The molecule has 598 valence electrons. The van der Waals surface area contributed by atoms with Crippen LogP contribution in [0.15, 0.2) is 152 Å². The van der Waals surface area contributed by atoms with Crippen LogP contribution < -0.4 is 10.6 Å². The van der Waals surface area contributed by atoms with Gasteiger partial charge in [0.2, 0.25) is 11.8 Å². The lowest BCUT2D eigenvalue weighted by Gasteiger charge is -2.37. The highest BCUT2D eigenvalue weighted by atomic mass is 16.7. The third kappa shape index (κ3) is 30.2. The van der Waals surface area contributed by atoms with Crippen LogP contribution in [0.4, 0.5) is 11.4 Å². The van der Waals surface area contributed by atoms with E-state index in [-0.39, 0.29) is 52.8 Å². The van der Waals surface area contributed by atoms with Crippen molar-refractivity contribution in [3.8, 4) is 11.1 Å². The number of rotatable bonds is 13. The number of benzene rings is 3. The second-order valence-electron chi connectivity index (χ2n) is 34.7. The lowest BCUT2D eigenvalue weighted by Crippen LogP contribution is -2.41. The molecule has 0 saturated carbocycles. The molecule has 0 bridgehead atoms. The summed E-state index contributed by atoms with van der Waals surface area (Å²) in [6.07, 6.45) is 8.46. The minimum atomic E-state index is -0.179. The van der Waals surface area contributed by atoms with Crippen LogP contribution in [0.3, 0.4) is 0 Å². The molecular weight excluding hydrogens is 1340 g/mol. The van der Waals surface area contributed by atoms with E-state index in [1.807, 2.05) is 96.7 Å². The molecule has 0 radical (unpaired) electrons. The summed E-state index contributed by atoms with van der Waals surface area (Å²) < 4.78 is 21.5. The van der Waals surface area contributed by atoms with Gasteiger partial charge in [0.05, 0.1) is 52.9 Å². The molecule has 8 aromatic rings. The molecular formula is C92H146BN9O6. The van der Waals surface area contributed by atoms with Crippen molar-refractivity contribution in [2.24, 2.45) is 28.6 Å². The standard InChI is InChI=1S/C19H20N2.C19H18N2.C10H13NO.C9H19BO2.C9H19NO.C8H17NO.C7H17N.C6H10O.C5H13N/c2*1-19(2,3)18-17-15(12-13-8-6-7-11-21(13)17)14-9-4-5-10-16(14)20-18;1-8(2)10(12)11-9-6-4-3-5-7-9;1-7(2)10-11-8(3,4)9(5,6)12-10;1-9(2,3)8-10-4-6-11-7-5-10;1-5-9(6-2)8(10)7(3)4;1-5-8(6-2)7(3)4;1-6(2)4-3-5-7;1-5(2)6(3)4/h4-12,18,20H,1-3H3;4-12H,1-3H3;3-8H,1-2H3,(H,11,12);7H,1-6H3;4-8H2,1-3H3;7H,5-6H2,1-4H3;7H,5-6H2,1-4H3;3-6H,1-2H3;5H,1-4H3/b;;;;;;;4-3+;. The number of aromatic nitrogens is 3. The van der Waals surface area contributed by atoms with Gasteiger partial charge in [-0.3, -0.25) is 24.3 Å². The van der Waals surface area contributed by atoms with Crippen molar-refractivity contribution in [1.82, 2.24) is 33.4 Å². The summed E-state index contributed by atoms with van der Waals surface area (Å²) in [7, 11) is 4.10. The van der Waals surface area contributed by atoms with Crippen LogP contribution in [0.1, 0.15) is 218 Å². The Hall–Kier alpha value is -7.18. The monoisotopic (exact) mass is 1480 g/mol. The SMILES string of the molecule is CC(C)(C)C1Nc2ccccc2-c2cc3ccccn3c21.CC(C)(C)CN1CCOCC1.CC(C)(C)c1nc2ccccc2c2cc3ccccn3c12.CC(C)/C=C/C=O.CC(C)B1OC(C)(C)C(C)(C)O1.CC(C)C(=O)Nc1ccccc1.CC(C)N(C)C.CCN(CC)C(=O)C(C)C.CCN(CC)C(C)C. The topological polar surface area (TPSA) is 138 Å². The van der Waals surface area contributed by atoms with E-state index in [0.717, 1.165) is 62.6 Å². The zero-order chi connectivity index (χ0) is 81.7. The molecule has 16 heteroatoms. The first-order chi connectivity index (χ1) is 50.4. The Balaban J connectivity index is 0.000000326. The third-order valence-corrected chi connectivity index (χ3v) is 19.3. The van der Waals surface area contributed by atoms with E-state index in [9.17, 15) is 14.4 Å². The molecule has 11 rings (SSSR count). The van der Waals surface area contributed by atoms with Crippen molar-refractivity contribution in [3.05, 3.63) is 163 Å². The molecule has 15 nitrogen and oxygen atoms in total. The van der Waals surface area contributed by atoms with Crippen LogP contribution in [0.25, 0.3) is 44.0 Å². The van der Waals surface area contributed by atoms with Gasteiger partial charge in [0.25, 0.3) is 0 Å². The van der Waals surface area contributed by atoms with Gasteiger partial charge < -0.3 is 48.2 Å². The predicted octanol–water partition coefficient (Wildman–Crippen LogP) is 21.8. The summed E-state index contributed by atoms with van der Waals surface area (Å²) in [6, 6.07) is 45.5. The maximum Gasteiger partial charge on any atom is 0.460 e. The van der Waals surface area contributed by atoms with Crippen molar-refractivity contribution in [1.29, 1.82) is 0 Å². The number of hydrogen-bond acceptors (Lipinski definition) is 11. The Morgan fingerprint density at radius 3 is 1.56 bits per heavy atom. The number of carbonyl (C=O) groups excluding carboxylic acids is 3. The summed E-state index contributed by atoms with van der Waals surface area (Å²) in [4.78, 5) is 45.9. The fourth-order valence-electron chi connectivity index (χ4n) is 11.9. The first kappa shape index (κ1) is 95.0. The van der Waals surface area contributed by atoms with Crippen LogP contribution in [0.5, 0.6) is 0 Å². The number of allylic oxidation sites excluding steroid dienone is 2. The first-order valence-corrected chi connectivity index (χ1v) is 40.0. The summed E-state index contributed by atoms with van der Waals surface area (Å²) in [5.74, 6) is 1.40. The van der Waals surface area contributed by atoms with Gasteiger partial charge in [-0.2, -0.15) is 0 Å². The van der Waals surface area contributed by atoms with E-state index in [0.29, 0.717) is 35.3 Å². The molecule has 108 heavy (non-hydrogen) atoms. The van der Waals surface area contributed by atoms with Crippen molar-refractivity contribution >= 4 is 69.4 Å². The molecule has 8 heterocycles. The van der Waals surface area contributed by atoms with Gasteiger partial charge in [-0.25, -0.2) is 0 Å². The minimum absolute atomic E-state index is 0.00636. The molecule has 2 fully saturated rings. The number of carbonyl (C=O) groups is 3. The van der Waals surface area contributed by atoms with Crippen molar-refractivity contribution < 1.29 is 28.4 Å². The fraction of sp³-hybridized carbons (Fsp3) is 0.565. The molecule has 3 aliphatic heterocycles.